The second kappa shape index (κ2) is 10.2. The highest BCUT2D eigenvalue weighted by Crippen LogP contribution is 2.35. The van der Waals surface area contributed by atoms with Gasteiger partial charge in [0, 0.05) is 18.2 Å². The van der Waals surface area contributed by atoms with Crippen molar-refractivity contribution in [3.05, 3.63) is 146 Å². The summed E-state index contributed by atoms with van der Waals surface area (Å²) in [5.74, 6) is 2.33. The number of fused-ring (bicyclic) bond motifs is 15. The summed E-state index contributed by atoms with van der Waals surface area (Å²) in [6.45, 7) is 0. The highest BCUT2D eigenvalue weighted by Gasteiger charge is 2.21. The van der Waals surface area contributed by atoms with Gasteiger partial charge in [0.15, 0.2) is 5.58 Å². The van der Waals surface area contributed by atoms with E-state index in [1.807, 2.05) is 36.4 Å². The second-order valence-corrected chi connectivity index (χ2v) is 14.2. The van der Waals surface area contributed by atoms with Gasteiger partial charge in [-0.25, -0.2) is 15.0 Å². The Balaban J connectivity index is 0.993. The normalized spacial score (nSPS) is 12.5. The van der Waals surface area contributed by atoms with Gasteiger partial charge >= 0.3 is 5.84 Å². The zero-order chi connectivity index (χ0) is 35.9. The van der Waals surface area contributed by atoms with E-state index in [1.54, 1.807) is 0 Å². The fourth-order valence-corrected chi connectivity index (χ4v) is 8.61. The number of aromatic nitrogens is 9. The van der Waals surface area contributed by atoms with E-state index in [4.69, 9.17) is 24.4 Å². The predicted octanol–water partition coefficient (Wildman–Crippen LogP) is 10.0. The molecule has 6 aromatic carbocycles. The van der Waals surface area contributed by atoms with Gasteiger partial charge in [-0.2, -0.15) is 4.98 Å². The number of rotatable bonds is 3. The van der Waals surface area contributed by atoms with Crippen LogP contribution in [0, 0.1) is 0 Å². The molecule has 0 aliphatic heterocycles. The van der Waals surface area contributed by atoms with E-state index in [0.29, 0.717) is 5.84 Å². The minimum atomic E-state index is 0.578. The highest BCUT2D eigenvalue weighted by molar-refractivity contribution is 5.96. The summed E-state index contributed by atoms with van der Waals surface area (Å²) in [6, 6.07) is 50.4. The van der Waals surface area contributed by atoms with Gasteiger partial charge in [-0.05, 0) is 91.0 Å². The zero-order valence-corrected chi connectivity index (χ0v) is 29.3. The molecule has 0 radical (unpaired) electrons. The fourth-order valence-electron chi connectivity index (χ4n) is 8.61. The Morgan fingerprint density at radius 2 is 1.00 bits per heavy atom. The second-order valence-electron chi connectivity index (χ2n) is 14.2. The van der Waals surface area contributed by atoms with E-state index in [-0.39, 0.29) is 0 Å². The standard InChI is InChI=1S/C45H27N9O/c1-50-37-20-17-26(23-39(37)52-34-14-5-2-9-31(34)47-43(50)52)29-12-8-13-30(46-29)27-18-21-38-40(24-27)53-35-15-6-3-10-32(35)48-44(53)51(38)28-19-22-42-41(25-28)54-36-16-7-4-11-33(36)49-45(54)55-42/h2-25H,1H3. The van der Waals surface area contributed by atoms with E-state index in [2.05, 4.69) is 139 Å². The number of hydrogen-bond acceptors (Lipinski definition) is 5. The third-order valence-electron chi connectivity index (χ3n) is 11.1. The van der Waals surface area contributed by atoms with Crippen molar-refractivity contribution < 1.29 is 4.42 Å². The molecule has 0 aliphatic carbocycles. The number of hydrogen-bond donors (Lipinski definition) is 0. The van der Waals surface area contributed by atoms with Gasteiger partial charge in [-0.1, -0.05) is 54.6 Å². The molecule has 10 nitrogen and oxygen atoms in total. The number of aryl methyl sites for hydroxylation is 1. The molecule has 0 unspecified atom stereocenters. The maximum Gasteiger partial charge on any atom is 0.307 e. The van der Waals surface area contributed by atoms with Crippen LogP contribution < -0.4 is 0 Å². The van der Waals surface area contributed by atoms with Crippen molar-refractivity contribution in [2.75, 3.05) is 0 Å². The summed E-state index contributed by atoms with van der Waals surface area (Å²) in [7, 11) is 2.07. The summed E-state index contributed by atoms with van der Waals surface area (Å²) in [5, 5.41) is 0. The van der Waals surface area contributed by atoms with Crippen molar-refractivity contribution in [1.82, 2.24) is 42.3 Å². The van der Waals surface area contributed by atoms with Crippen LogP contribution >= 0.6 is 0 Å². The number of oxazole rings is 1. The van der Waals surface area contributed by atoms with Crippen LogP contribution in [-0.2, 0) is 7.05 Å². The summed E-state index contributed by atoms with van der Waals surface area (Å²) >= 11 is 0. The van der Waals surface area contributed by atoms with E-state index >= 15 is 0 Å². The Kier molecular flexibility index (Phi) is 5.36. The minimum absolute atomic E-state index is 0.578. The largest absolute Gasteiger partial charge is 0.423 e. The van der Waals surface area contributed by atoms with Gasteiger partial charge in [-0.3, -0.25) is 17.8 Å². The van der Waals surface area contributed by atoms with Crippen molar-refractivity contribution in [3.8, 4) is 28.2 Å². The molecule has 0 atom stereocenters. The number of imidazole rings is 5. The first kappa shape index (κ1) is 28.8. The first-order chi connectivity index (χ1) is 27.2. The van der Waals surface area contributed by atoms with E-state index < -0.39 is 0 Å². The molecule has 0 saturated carbocycles. The molecule has 0 amide bonds. The lowest BCUT2D eigenvalue weighted by Gasteiger charge is -2.08. The van der Waals surface area contributed by atoms with Gasteiger partial charge in [0.25, 0.3) is 0 Å². The molecule has 0 aliphatic rings. The first-order valence-corrected chi connectivity index (χ1v) is 18.2. The van der Waals surface area contributed by atoms with Crippen molar-refractivity contribution >= 4 is 83.7 Å². The molecule has 13 aromatic rings. The van der Waals surface area contributed by atoms with Crippen LogP contribution in [0.15, 0.2) is 150 Å². The van der Waals surface area contributed by atoms with Crippen molar-refractivity contribution in [3.63, 3.8) is 0 Å². The van der Waals surface area contributed by atoms with Crippen LogP contribution in [0.5, 0.6) is 0 Å². The lowest BCUT2D eigenvalue weighted by atomic mass is 10.1. The Morgan fingerprint density at radius 3 is 1.71 bits per heavy atom. The van der Waals surface area contributed by atoms with E-state index in [0.717, 1.165) is 106 Å². The quantitative estimate of drug-likeness (QED) is 0.182. The van der Waals surface area contributed by atoms with Gasteiger partial charge in [0.05, 0.1) is 77.8 Å². The molecule has 258 valence electrons. The molecule has 10 heteroatoms. The Labute approximate surface area is 310 Å². The van der Waals surface area contributed by atoms with Crippen LogP contribution in [0.4, 0.5) is 0 Å². The third-order valence-corrected chi connectivity index (χ3v) is 11.1. The van der Waals surface area contributed by atoms with Gasteiger partial charge in [0.2, 0.25) is 11.6 Å². The molecule has 13 rings (SSSR count). The lowest BCUT2D eigenvalue weighted by Crippen LogP contribution is -1.95. The van der Waals surface area contributed by atoms with Crippen LogP contribution in [0.25, 0.3) is 112 Å². The Bertz CT molecular complexity index is 3760. The van der Waals surface area contributed by atoms with Gasteiger partial charge in [-0.15, -0.1) is 0 Å². The van der Waals surface area contributed by atoms with Crippen LogP contribution in [0.2, 0.25) is 0 Å². The summed E-state index contributed by atoms with van der Waals surface area (Å²) in [5.41, 5.74) is 16.8. The molecule has 55 heavy (non-hydrogen) atoms. The number of pyridine rings is 1. The smallest absolute Gasteiger partial charge is 0.307 e. The molecule has 0 N–H and O–H groups in total. The Hall–Kier alpha value is -7.72. The third kappa shape index (κ3) is 3.81. The minimum Gasteiger partial charge on any atom is -0.423 e. The number of nitrogens with zero attached hydrogens (tertiary/aromatic N) is 9. The maximum absolute atomic E-state index is 6.20. The molecular weight excluding hydrogens is 683 g/mol. The predicted molar refractivity (Wildman–Crippen MR) is 217 cm³/mol. The van der Waals surface area contributed by atoms with Gasteiger partial charge < -0.3 is 8.98 Å². The summed E-state index contributed by atoms with van der Waals surface area (Å²) < 4.78 is 17.2. The molecule has 7 heterocycles. The average molecular weight is 710 g/mol. The summed E-state index contributed by atoms with van der Waals surface area (Å²) in [6.07, 6.45) is 0. The van der Waals surface area contributed by atoms with Crippen molar-refractivity contribution in [1.29, 1.82) is 0 Å². The molecule has 7 aromatic heterocycles. The van der Waals surface area contributed by atoms with E-state index in [1.165, 1.54) is 0 Å². The van der Waals surface area contributed by atoms with Crippen LogP contribution in [-0.4, -0.2) is 42.3 Å². The summed E-state index contributed by atoms with van der Waals surface area (Å²) in [4.78, 5) is 20.1. The number of para-hydroxylation sites is 6. The molecular formula is C45H27N9O. The van der Waals surface area contributed by atoms with Crippen molar-refractivity contribution in [2.24, 2.45) is 7.05 Å². The lowest BCUT2D eigenvalue weighted by molar-refractivity contribution is 0.643. The topological polar surface area (TPSA) is 87.8 Å². The van der Waals surface area contributed by atoms with Crippen LogP contribution in [0.3, 0.4) is 0 Å². The van der Waals surface area contributed by atoms with E-state index in [9.17, 15) is 0 Å². The first-order valence-electron chi connectivity index (χ1n) is 18.2. The van der Waals surface area contributed by atoms with Gasteiger partial charge in [0.1, 0.15) is 0 Å². The Morgan fingerprint density at radius 1 is 0.418 bits per heavy atom. The molecule has 0 spiro atoms. The number of benzene rings is 6. The van der Waals surface area contributed by atoms with Crippen molar-refractivity contribution in [2.45, 2.75) is 0 Å². The molecule has 0 saturated heterocycles. The molecule has 0 bridgehead atoms. The van der Waals surface area contributed by atoms with Crippen LogP contribution in [0.1, 0.15) is 0 Å². The average Bonchev–Trinajstić information content (AvgIpc) is 4.06. The maximum atomic E-state index is 6.20. The highest BCUT2D eigenvalue weighted by atomic mass is 16.4. The molecule has 0 fully saturated rings. The zero-order valence-electron chi connectivity index (χ0n) is 29.3. The fraction of sp³-hybridized carbons (Fsp3) is 0.0222. The SMILES string of the molecule is Cn1c2ccc(-c3cccc(-c4ccc5c(c4)n4c6ccccc6nc4n5-c4ccc5oc6nc7ccccc7n6c5c4)n3)cc2n2c3ccccc3nc12. The monoisotopic (exact) mass is 709 g/mol.